The SMILES string of the molecule is CCn1c(C)nc2cc(C(=O)NNC(=O)Cc3csc(-c4ccsc4)n3)ccc21. The molecule has 9 heteroatoms. The van der Waals surface area contributed by atoms with E-state index in [0.29, 0.717) is 11.3 Å². The Morgan fingerprint density at radius 3 is 2.76 bits per heavy atom. The first kappa shape index (κ1) is 19.3. The van der Waals surface area contributed by atoms with Crippen molar-refractivity contribution in [2.45, 2.75) is 26.8 Å². The van der Waals surface area contributed by atoms with Crippen molar-refractivity contribution in [1.29, 1.82) is 0 Å². The zero-order valence-corrected chi connectivity index (χ0v) is 17.6. The molecule has 0 saturated carbocycles. The Labute approximate surface area is 175 Å². The molecule has 0 saturated heterocycles. The number of aryl methyl sites for hydroxylation is 2. The summed E-state index contributed by atoms with van der Waals surface area (Å²) in [6.07, 6.45) is 0.0973. The molecular formula is C20H19N5O2S2. The van der Waals surface area contributed by atoms with Crippen LogP contribution in [0.5, 0.6) is 0 Å². The number of aromatic nitrogens is 3. The van der Waals surface area contributed by atoms with Gasteiger partial charge in [-0.05, 0) is 43.5 Å². The van der Waals surface area contributed by atoms with Gasteiger partial charge in [0.25, 0.3) is 5.91 Å². The first-order valence-corrected chi connectivity index (χ1v) is 10.9. The number of rotatable bonds is 5. The molecule has 4 aromatic rings. The van der Waals surface area contributed by atoms with Gasteiger partial charge in [-0.2, -0.15) is 11.3 Å². The minimum atomic E-state index is -0.388. The molecule has 3 aromatic heterocycles. The number of hydrogen-bond acceptors (Lipinski definition) is 6. The molecule has 0 spiro atoms. The lowest BCUT2D eigenvalue weighted by Gasteiger charge is -2.07. The number of benzene rings is 1. The molecular weight excluding hydrogens is 406 g/mol. The lowest BCUT2D eigenvalue weighted by molar-refractivity contribution is -0.121. The standard InChI is InChI=1S/C20H19N5O2S2/c1-3-25-12(2)21-16-8-13(4-5-17(16)25)19(27)24-23-18(26)9-15-11-29-20(22-15)14-6-7-28-10-14/h4-8,10-11H,3,9H2,1-2H3,(H,23,26)(H,24,27). The average molecular weight is 426 g/mol. The molecule has 0 fully saturated rings. The summed E-state index contributed by atoms with van der Waals surface area (Å²) >= 11 is 3.10. The van der Waals surface area contributed by atoms with Crippen LogP contribution in [0.4, 0.5) is 0 Å². The third-order valence-electron chi connectivity index (χ3n) is 4.49. The maximum atomic E-state index is 12.4. The number of nitrogens with one attached hydrogen (secondary N) is 2. The van der Waals surface area contributed by atoms with Gasteiger partial charge in [-0.25, -0.2) is 9.97 Å². The van der Waals surface area contributed by atoms with Gasteiger partial charge in [0.05, 0.1) is 23.1 Å². The molecule has 148 valence electrons. The minimum Gasteiger partial charge on any atom is -0.329 e. The number of carbonyl (C=O) groups is 2. The number of imidazole rings is 1. The van der Waals surface area contributed by atoms with Gasteiger partial charge in [0.1, 0.15) is 10.8 Å². The molecule has 7 nitrogen and oxygen atoms in total. The van der Waals surface area contributed by atoms with Crippen molar-refractivity contribution >= 4 is 45.5 Å². The van der Waals surface area contributed by atoms with Gasteiger partial charge in [-0.15, -0.1) is 11.3 Å². The summed E-state index contributed by atoms with van der Waals surface area (Å²) < 4.78 is 2.08. The Morgan fingerprint density at radius 2 is 2.00 bits per heavy atom. The maximum Gasteiger partial charge on any atom is 0.269 e. The first-order chi connectivity index (χ1) is 14.0. The Morgan fingerprint density at radius 1 is 1.14 bits per heavy atom. The quantitative estimate of drug-likeness (QED) is 0.479. The summed E-state index contributed by atoms with van der Waals surface area (Å²) in [4.78, 5) is 33.5. The van der Waals surface area contributed by atoms with Gasteiger partial charge in [0.15, 0.2) is 0 Å². The maximum absolute atomic E-state index is 12.4. The van der Waals surface area contributed by atoms with Crippen molar-refractivity contribution in [3.05, 3.63) is 57.5 Å². The van der Waals surface area contributed by atoms with Gasteiger partial charge in [-0.1, -0.05) is 0 Å². The first-order valence-electron chi connectivity index (χ1n) is 9.08. The van der Waals surface area contributed by atoms with Gasteiger partial charge < -0.3 is 4.57 Å². The van der Waals surface area contributed by atoms with Gasteiger partial charge >= 0.3 is 0 Å². The summed E-state index contributed by atoms with van der Waals surface area (Å²) in [5, 5.41) is 6.75. The zero-order chi connectivity index (χ0) is 20.4. The predicted octanol–water partition coefficient (Wildman–Crippen LogP) is 3.55. The molecule has 0 bridgehead atoms. The van der Waals surface area contributed by atoms with Crippen molar-refractivity contribution in [2.24, 2.45) is 0 Å². The highest BCUT2D eigenvalue weighted by Gasteiger charge is 2.13. The van der Waals surface area contributed by atoms with Crippen molar-refractivity contribution in [2.75, 3.05) is 0 Å². The molecule has 4 rings (SSSR count). The van der Waals surface area contributed by atoms with Crippen LogP contribution in [0.1, 0.15) is 28.8 Å². The largest absolute Gasteiger partial charge is 0.329 e. The topological polar surface area (TPSA) is 88.9 Å². The number of carbonyl (C=O) groups excluding carboxylic acids is 2. The van der Waals surface area contributed by atoms with E-state index in [1.165, 1.54) is 11.3 Å². The van der Waals surface area contributed by atoms with E-state index in [1.807, 2.05) is 35.2 Å². The van der Waals surface area contributed by atoms with Crippen molar-refractivity contribution < 1.29 is 9.59 Å². The highest BCUT2D eigenvalue weighted by atomic mass is 32.1. The van der Waals surface area contributed by atoms with Crippen LogP contribution in [0.3, 0.4) is 0 Å². The molecule has 3 heterocycles. The summed E-state index contributed by atoms with van der Waals surface area (Å²) in [5.74, 6) is 0.187. The van der Waals surface area contributed by atoms with Crippen LogP contribution >= 0.6 is 22.7 Å². The molecule has 0 aliphatic heterocycles. The highest BCUT2D eigenvalue weighted by Crippen LogP contribution is 2.25. The van der Waals surface area contributed by atoms with Crippen molar-refractivity contribution in [3.8, 4) is 10.6 Å². The Kier molecular flexibility index (Phi) is 5.41. The molecule has 1 aromatic carbocycles. The number of hydrazine groups is 1. The number of thiophene rings is 1. The van der Waals surface area contributed by atoms with Crippen molar-refractivity contribution in [1.82, 2.24) is 25.4 Å². The molecule has 0 atom stereocenters. The van der Waals surface area contributed by atoms with Crippen LogP contribution in [-0.4, -0.2) is 26.3 Å². The minimum absolute atomic E-state index is 0.0973. The van der Waals surface area contributed by atoms with E-state index >= 15 is 0 Å². The van der Waals surface area contributed by atoms with Crippen LogP contribution < -0.4 is 10.9 Å². The summed E-state index contributed by atoms with van der Waals surface area (Å²) in [6.45, 7) is 4.80. The number of nitrogens with zero attached hydrogens (tertiary/aromatic N) is 3. The van der Waals surface area contributed by atoms with Crippen LogP contribution in [0.15, 0.2) is 40.4 Å². The van der Waals surface area contributed by atoms with E-state index < -0.39 is 0 Å². The molecule has 29 heavy (non-hydrogen) atoms. The molecule has 0 aliphatic rings. The smallest absolute Gasteiger partial charge is 0.269 e. The summed E-state index contributed by atoms with van der Waals surface area (Å²) in [5.41, 5.74) is 8.81. The number of hydrogen-bond donors (Lipinski definition) is 2. The number of thiazole rings is 1. The second-order valence-electron chi connectivity index (χ2n) is 6.44. The molecule has 0 unspecified atom stereocenters. The zero-order valence-electron chi connectivity index (χ0n) is 15.9. The van der Waals surface area contributed by atoms with Gasteiger partial charge in [0.2, 0.25) is 5.91 Å². The monoisotopic (exact) mass is 425 g/mol. The van der Waals surface area contributed by atoms with Crippen LogP contribution in [-0.2, 0) is 17.8 Å². The summed E-state index contributed by atoms with van der Waals surface area (Å²) in [6, 6.07) is 7.32. The fourth-order valence-corrected chi connectivity index (χ4v) is 4.64. The van der Waals surface area contributed by atoms with E-state index in [4.69, 9.17) is 0 Å². The van der Waals surface area contributed by atoms with Gasteiger partial charge in [0, 0.05) is 28.4 Å². The van der Waals surface area contributed by atoms with E-state index in [2.05, 4.69) is 32.3 Å². The lowest BCUT2D eigenvalue weighted by atomic mass is 10.2. The Hall–Kier alpha value is -3.04. The van der Waals surface area contributed by atoms with Gasteiger partial charge in [-0.3, -0.25) is 20.4 Å². The normalized spacial score (nSPS) is 11.0. The van der Waals surface area contributed by atoms with E-state index in [1.54, 1.807) is 23.5 Å². The van der Waals surface area contributed by atoms with Crippen molar-refractivity contribution in [3.63, 3.8) is 0 Å². The van der Waals surface area contributed by atoms with E-state index in [9.17, 15) is 9.59 Å². The molecule has 0 radical (unpaired) electrons. The second kappa shape index (κ2) is 8.14. The predicted molar refractivity (Wildman–Crippen MR) is 115 cm³/mol. The number of fused-ring (bicyclic) bond motifs is 1. The average Bonchev–Trinajstić information content (AvgIpc) is 3.44. The van der Waals surface area contributed by atoms with Crippen LogP contribution in [0.2, 0.25) is 0 Å². The van der Waals surface area contributed by atoms with Crippen LogP contribution in [0, 0.1) is 6.92 Å². The highest BCUT2D eigenvalue weighted by molar-refractivity contribution is 7.14. The van der Waals surface area contributed by atoms with E-state index in [-0.39, 0.29) is 18.2 Å². The van der Waals surface area contributed by atoms with Crippen LogP contribution in [0.25, 0.3) is 21.6 Å². The molecule has 0 aliphatic carbocycles. The summed E-state index contributed by atoms with van der Waals surface area (Å²) in [7, 11) is 0. The molecule has 2 amide bonds. The Balaban J connectivity index is 1.36. The molecule has 2 N–H and O–H groups in total. The third kappa shape index (κ3) is 4.06. The fourth-order valence-electron chi connectivity index (χ4n) is 3.10. The fraction of sp³-hybridized carbons (Fsp3) is 0.200. The third-order valence-corrected chi connectivity index (χ3v) is 6.12. The number of amides is 2. The lowest BCUT2D eigenvalue weighted by Crippen LogP contribution is -2.42. The van der Waals surface area contributed by atoms with E-state index in [0.717, 1.165) is 34.0 Å². The second-order valence-corrected chi connectivity index (χ2v) is 8.08. The Bertz CT molecular complexity index is 1180.